The van der Waals surface area contributed by atoms with Crippen LogP contribution in [0.5, 0.6) is 11.5 Å². The Morgan fingerprint density at radius 1 is 1.11 bits per heavy atom. The van der Waals surface area contributed by atoms with Crippen LogP contribution in [0.3, 0.4) is 0 Å². The fraction of sp³-hybridized carbons (Fsp3) is 0.143. The van der Waals surface area contributed by atoms with Crippen molar-refractivity contribution in [3.05, 3.63) is 62.1 Å². The Morgan fingerprint density at radius 3 is 2.42 bits per heavy atom. The molecule has 0 amide bonds. The lowest BCUT2D eigenvalue weighted by Crippen LogP contribution is -1.93. The van der Waals surface area contributed by atoms with E-state index in [0.717, 1.165) is 15.8 Å². The highest BCUT2D eigenvalue weighted by atomic mass is 79.9. The van der Waals surface area contributed by atoms with Gasteiger partial charge in [-0.2, -0.15) is 0 Å². The van der Waals surface area contributed by atoms with Gasteiger partial charge in [-0.15, -0.1) is 0 Å². The predicted molar refractivity (Wildman–Crippen MR) is 76.8 cm³/mol. The van der Waals surface area contributed by atoms with E-state index in [-0.39, 0.29) is 5.69 Å². The van der Waals surface area contributed by atoms with E-state index in [1.807, 2.05) is 25.1 Å². The molecule has 0 radical (unpaired) electrons. The molecule has 98 valence electrons. The van der Waals surface area contributed by atoms with Crippen LogP contribution in [0.4, 0.5) is 5.69 Å². The molecule has 19 heavy (non-hydrogen) atoms. The van der Waals surface area contributed by atoms with Gasteiger partial charge in [0, 0.05) is 16.1 Å². The second kappa shape index (κ2) is 5.40. The largest absolute Gasteiger partial charge is 0.457 e. The van der Waals surface area contributed by atoms with Gasteiger partial charge in [-0.25, -0.2) is 0 Å². The molecule has 0 saturated carbocycles. The number of halogens is 1. The number of benzene rings is 2. The van der Waals surface area contributed by atoms with Gasteiger partial charge in [-0.05, 0) is 49.7 Å². The normalized spacial score (nSPS) is 10.3. The number of aryl methyl sites for hydroxylation is 2. The van der Waals surface area contributed by atoms with Crippen molar-refractivity contribution in [2.45, 2.75) is 13.8 Å². The second-order valence-electron chi connectivity index (χ2n) is 4.22. The zero-order valence-electron chi connectivity index (χ0n) is 10.5. The Balaban J connectivity index is 2.29. The molecule has 0 aliphatic carbocycles. The van der Waals surface area contributed by atoms with E-state index >= 15 is 0 Å². The molecule has 0 N–H and O–H groups in total. The summed E-state index contributed by atoms with van der Waals surface area (Å²) in [6.45, 7) is 3.64. The first-order chi connectivity index (χ1) is 8.97. The van der Waals surface area contributed by atoms with Crippen molar-refractivity contribution in [1.82, 2.24) is 0 Å². The zero-order valence-corrected chi connectivity index (χ0v) is 12.1. The smallest absolute Gasteiger partial charge is 0.272 e. The number of nitro groups is 1. The summed E-state index contributed by atoms with van der Waals surface area (Å²) in [7, 11) is 0. The third-order valence-electron chi connectivity index (χ3n) is 2.73. The van der Waals surface area contributed by atoms with Gasteiger partial charge < -0.3 is 4.74 Å². The molecule has 0 aliphatic rings. The topological polar surface area (TPSA) is 52.4 Å². The summed E-state index contributed by atoms with van der Waals surface area (Å²) in [4.78, 5) is 10.3. The molecule has 0 saturated heterocycles. The number of nitro benzene ring substituents is 1. The fourth-order valence-electron chi connectivity index (χ4n) is 1.75. The van der Waals surface area contributed by atoms with Gasteiger partial charge in [0.25, 0.3) is 5.69 Å². The van der Waals surface area contributed by atoms with Crippen molar-refractivity contribution >= 4 is 21.6 Å². The molecular weight excluding hydrogens is 310 g/mol. The van der Waals surface area contributed by atoms with Crippen LogP contribution in [0, 0.1) is 24.0 Å². The third kappa shape index (κ3) is 3.12. The number of hydrogen-bond acceptors (Lipinski definition) is 3. The van der Waals surface area contributed by atoms with Gasteiger partial charge in [0.05, 0.1) is 4.92 Å². The van der Waals surface area contributed by atoms with Crippen LogP contribution in [-0.4, -0.2) is 4.92 Å². The standard InChI is InChI=1S/C14H12BrNO3/c1-9-8-12(4-5-13(9)16(17)18)19-14-6-3-11(15)7-10(14)2/h3-8H,1-2H3. The minimum Gasteiger partial charge on any atom is -0.457 e. The summed E-state index contributed by atoms with van der Waals surface area (Å²) in [5, 5.41) is 10.7. The van der Waals surface area contributed by atoms with Crippen LogP contribution in [0.25, 0.3) is 0 Å². The van der Waals surface area contributed by atoms with Crippen LogP contribution < -0.4 is 4.74 Å². The highest BCUT2D eigenvalue weighted by Crippen LogP contribution is 2.30. The summed E-state index contributed by atoms with van der Waals surface area (Å²) < 4.78 is 6.72. The van der Waals surface area contributed by atoms with Gasteiger partial charge in [0.15, 0.2) is 0 Å². The molecule has 0 aromatic heterocycles. The highest BCUT2D eigenvalue weighted by molar-refractivity contribution is 9.10. The third-order valence-corrected chi connectivity index (χ3v) is 3.22. The SMILES string of the molecule is Cc1cc(Br)ccc1Oc1ccc([N+](=O)[O-])c(C)c1. The van der Waals surface area contributed by atoms with Gasteiger partial charge in [-0.1, -0.05) is 15.9 Å². The van der Waals surface area contributed by atoms with Crippen molar-refractivity contribution in [2.24, 2.45) is 0 Å². The lowest BCUT2D eigenvalue weighted by atomic mass is 10.2. The molecule has 5 heteroatoms. The maximum Gasteiger partial charge on any atom is 0.272 e. The maximum absolute atomic E-state index is 10.7. The van der Waals surface area contributed by atoms with E-state index in [2.05, 4.69) is 15.9 Å². The van der Waals surface area contributed by atoms with Crippen LogP contribution in [0.15, 0.2) is 40.9 Å². The zero-order chi connectivity index (χ0) is 14.0. The van der Waals surface area contributed by atoms with Gasteiger partial charge in [0.1, 0.15) is 11.5 Å². The first-order valence-electron chi connectivity index (χ1n) is 5.66. The lowest BCUT2D eigenvalue weighted by Gasteiger charge is -2.09. The van der Waals surface area contributed by atoms with Crippen LogP contribution in [0.2, 0.25) is 0 Å². The number of ether oxygens (including phenoxy) is 1. The average Bonchev–Trinajstić information content (AvgIpc) is 2.32. The maximum atomic E-state index is 10.7. The molecule has 2 aromatic carbocycles. The van der Waals surface area contributed by atoms with E-state index < -0.39 is 4.92 Å². The van der Waals surface area contributed by atoms with Crippen molar-refractivity contribution in [3.8, 4) is 11.5 Å². The van der Waals surface area contributed by atoms with Crippen molar-refractivity contribution < 1.29 is 9.66 Å². The molecule has 0 bridgehead atoms. The molecule has 0 heterocycles. The summed E-state index contributed by atoms with van der Waals surface area (Å²) in [5.41, 5.74) is 1.67. The van der Waals surface area contributed by atoms with E-state index in [1.165, 1.54) is 6.07 Å². The summed E-state index contributed by atoms with van der Waals surface area (Å²) in [6, 6.07) is 10.4. The van der Waals surface area contributed by atoms with Gasteiger partial charge in [-0.3, -0.25) is 10.1 Å². The summed E-state index contributed by atoms with van der Waals surface area (Å²) >= 11 is 3.39. The molecule has 2 aromatic rings. The molecule has 2 rings (SSSR count). The molecule has 0 aliphatic heterocycles. The molecule has 0 unspecified atom stereocenters. The average molecular weight is 322 g/mol. The van der Waals surface area contributed by atoms with E-state index in [4.69, 9.17) is 4.74 Å². The Bertz CT molecular complexity index is 641. The molecule has 4 nitrogen and oxygen atoms in total. The summed E-state index contributed by atoms with van der Waals surface area (Å²) in [5.74, 6) is 1.32. The minimum absolute atomic E-state index is 0.0971. The monoisotopic (exact) mass is 321 g/mol. The number of rotatable bonds is 3. The Labute approximate surface area is 119 Å². The summed E-state index contributed by atoms with van der Waals surface area (Å²) in [6.07, 6.45) is 0. The lowest BCUT2D eigenvalue weighted by molar-refractivity contribution is -0.385. The predicted octanol–water partition coefficient (Wildman–Crippen LogP) is 4.77. The van der Waals surface area contributed by atoms with E-state index in [9.17, 15) is 10.1 Å². The molecule has 0 atom stereocenters. The molecular formula is C14H12BrNO3. The van der Waals surface area contributed by atoms with E-state index in [1.54, 1.807) is 19.1 Å². The van der Waals surface area contributed by atoms with Gasteiger partial charge in [0.2, 0.25) is 0 Å². The molecule has 0 fully saturated rings. The number of hydrogen-bond donors (Lipinski definition) is 0. The Hall–Kier alpha value is -1.88. The van der Waals surface area contributed by atoms with Crippen molar-refractivity contribution in [3.63, 3.8) is 0 Å². The number of nitrogens with zero attached hydrogens (tertiary/aromatic N) is 1. The van der Waals surface area contributed by atoms with Crippen LogP contribution >= 0.6 is 15.9 Å². The quantitative estimate of drug-likeness (QED) is 0.604. The van der Waals surface area contributed by atoms with Crippen LogP contribution in [-0.2, 0) is 0 Å². The highest BCUT2D eigenvalue weighted by Gasteiger charge is 2.11. The van der Waals surface area contributed by atoms with Crippen molar-refractivity contribution in [1.29, 1.82) is 0 Å². The van der Waals surface area contributed by atoms with Gasteiger partial charge >= 0.3 is 0 Å². The fourth-order valence-corrected chi connectivity index (χ4v) is 2.23. The minimum atomic E-state index is -0.399. The Morgan fingerprint density at radius 2 is 1.84 bits per heavy atom. The Kier molecular flexibility index (Phi) is 3.85. The van der Waals surface area contributed by atoms with E-state index in [0.29, 0.717) is 11.3 Å². The second-order valence-corrected chi connectivity index (χ2v) is 5.13. The first-order valence-corrected chi connectivity index (χ1v) is 6.46. The first kappa shape index (κ1) is 13.5. The molecule has 0 spiro atoms. The van der Waals surface area contributed by atoms with Crippen LogP contribution in [0.1, 0.15) is 11.1 Å². The van der Waals surface area contributed by atoms with Crippen molar-refractivity contribution in [2.75, 3.05) is 0 Å².